The van der Waals surface area contributed by atoms with Crippen LogP contribution in [0.15, 0.2) is 66.7 Å². The van der Waals surface area contributed by atoms with Gasteiger partial charge in [0.15, 0.2) is 6.61 Å². The Balaban J connectivity index is 1.35. The van der Waals surface area contributed by atoms with Crippen LogP contribution < -0.4 is 10.2 Å². The number of amides is 2. The van der Waals surface area contributed by atoms with Crippen molar-refractivity contribution >= 4 is 39.9 Å². The lowest BCUT2D eigenvalue weighted by molar-refractivity contribution is -0.151. The van der Waals surface area contributed by atoms with Gasteiger partial charge in [0.2, 0.25) is 5.91 Å². The highest BCUT2D eigenvalue weighted by molar-refractivity contribution is 6.03. The molecule has 0 spiro atoms. The van der Waals surface area contributed by atoms with Crippen LogP contribution in [-0.2, 0) is 19.1 Å². The number of nitrogens with one attached hydrogen (secondary N) is 1. The molecular formula is C24H22N2O4. The number of carbonyl (C=O) groups excluding carboxylic acids is 3. The van der Waals surface area contributed by atoms with Crippen LogP contribution in [0.2, 0.25) is 0 Å². The molecule has 1 aliphatic heterocycles. The van der Waals surface area contributed by atoms with Gasteiger partial charge in [0.25, 0.3) is 5.91 Å². The zero-order valence-electron chi connectivity index (χ0n) is 16.6. The highest BCUT2D eigenvalue weighted by Crippen LogP contribution is 2.28. The minimum absolute atomic E-state index is 0.0815. The highest BCUT2D eigenvalue weighted by Gasteiger charge is 2.36. The van der Waals surface area contributed by atoms with Crippen molar-refractivity contribution in [1.29, 1.82) is 0 Å². The number of benzene rings is 3. The van der Waals surface area contributed by atoms with Crippen LogP contribution in [0.1, 0.15) is 12.0 Å². The van der Waals surface area contributed by atoms with Gasteiger partial charge in [0, 0.05) is 29.7 Å². The number of carbonyl (C=O) groups is 3. The second-order valence-electron chi connectivity index (χ2n) is 7.37. The zero-order valence-corrected chi connectivity index (χ0v) is 16.6. The van der Waals surface area contributed by atoms with Gasteiger partial charge in [0.1, 0.15) is 0 Å². The molecule has 0 aromatic heterocycles. The molecule has 6 heteroatoms. The van der Waals surface area contributed by atoms with Crippen molar-refractivity contribution in [3.63, 3.8) is 0 Å². The summed E-state index contributed by atoms with van der Waals surface area (Å²) in [6.45, 7) is 1.79. The number of rotatable bonds is 5. The van der Waals surface area contributed by atoms with E-state index in [4.69, 9.17) is 4.74 Å². The first-order chi connectivity index (χ1) is 14.5. The van der Waals surface area contributed by atoms with Crippen LogP contribution in [0.3, 0.4) is 0 Å². The second-order valence-corrected chi connectivity index (χ2v) is 7.37. The standard InChI is InChI=1S/C24H22N2O4/c1-16-7-2-5-12-21(16)26-14-18(13-23(26)28)24(29)30-15-22(27)25-20-11-6-9-17-8-3-4-10-19(17)20/h2-12,18H,13-15H2,1H3,(H,25,27)/t18-/m0/s1. The Morgan fingerprint density at radius 2 is 1.77 bits per heavy atom. The van der Waals surface area contributed by atoms with Gasteiger partial charge in [-0.3, -0.25) is 14.4 Å². The van der Waals surface area contributed by atoms with E-state index in [0.29, 0.717) is 5.69 Å². The van der Waals surface area contributed by atoms with Crippen molar-refractivity contribution in [3.05, 3.63) is 72.3 Å². The first-order valence-corrected chi connectivity index (χ1v) is 9.83. The predicted molar refractivity (Wildman–Crippen MR) is 115 cm³/mol. The molecule has 6 nitrogen and oxygen atoms in total. The number of para-hydroxylation sites is 1. The fraction of sp³-hybridized carbons (Fsp3) is 0.208. The maximum Gasteiger partial charge on any atom is 0.311 e. The normalized spacial score (nSPS) is 16.0. The lowest BCUT2D eigenvalue weighted by atomic mass is 10.1. The van der Waals surface area contributed by atoms with Gasteiger partial charge >= 0.3 is 5.97 Å². The quantitative estimate of drug-likeness (QED) is 0.661. The van der Waals surface area contributed by atoms with Crippen molar-refractivity contribution < 1.29 is 19.1 Å². The molecule has 0 radical (unpaired) electrons. The van der Waals surface area contributed by atoms with Crippen molar-refractivity contribution in [1.82, 2.24) is 0 Å². The van der Waals surface area contributed by atoms with Crippen molar-refractivity contribution in [2.24, 2.45) is 5.92 Å². The van der Waals surface area contributed by atoms with Gasteiger partial charge in [-0.05, 0) is 30.0 Å². The average Bonchev–Trinajstić information content (AvgIpc) is 3.14. The third kappa shape index (κ3) is 4.03. The molecule has 0 saturated carbocycles. The Morgan fingerprint density at radius 3 is 2.60 bits per heavy atom. The van der Waals surface area contributed by atoms with E-state index in [1.54, 1.807) is 11.0 Å². The second kappa shape index (κ2) is 8.37. The van der Waals surface area contributed by atoms with E-state index < -0.39 is 24.4 Å². The Hall–Kier alpha value is -3.67. The van der Waals surface area contributed by atoms with E-state index >= 15 is 0 Å². The van der Waals surface area contributed by atoms with Gasteiger partial charge < -0.3 is 15.0 Å². The van der Waals surface area contributed by atoms with Gasteiger partial charge in [0.05, 0.1) is 5.92 Å². The summed E-state index contributed by atoms with van der Waals surface area (Å²) < 4.78 is 5.20. The van der Waals surface area contributed by atoms with Gasteiger partial charge in [-0.2, -0.15) is 0 Å². The number of fused-ring (bicyclic) bond motifs is 1. The molecule has 30 heavy (non-hydrogen) atoms. The average molecular weight is 402 g/mol. The van der Waals surface area contributed by atoms with E-state index in [0.717, 1.165) is 22.0 Å². The molecule has 3 aromatic rings. The first-order valence-electron chi connectivity index (χ1n) is 9.83. The Kier molecular flexibility index (Phi) is 5.48. The van der Waals surface area contributed by atoms with E-state index in [1.165, 1.54) is 0 Å². The summed E-state index contributed by atoms with van der Waals surface area (Å²) in [6, 6.07) is 20.9. The van der Waals surface area contributed by atoms with Crippen LogP contribution in [0.4, 0.5) is 11.4 Å². The molecule has 1 N–H and O–H groups in total. The summed E-state index contributed by atoms with van der Waals surface area (Å²) >= 11 is 0. The summed E-state index contributed by atoms with van der Waals surface area (Å²) in [6.07, 6.45) is 0.0815. The van der Waals surface area contributed by atoms with Gasteiger partial charge in [-0.1, -0.05) is 54.6 Å². The minimum atomic E-state index is -0.581. The molecule has 152 valence electrons. The minimum Gasteiger partial charge on any atom is -0.455 e. The van der Waals surface area contributed by atoms with Crippen molar-refractivity contribution in [3.8, 4) is 0 Å². The van der Waals surface area contributed by atoms with Crippen LogP contribution in [0.25, 0.3) is 10.8 Å². The van der Waals surface area contributed by atoms with Crippen LogP contribution in [-0.4, -0.2) is 30.9 Å². The molecule has 0 aliphatic carbocycles. The fourth-order valence-electron chi connectivity index (χ4n) is 3.74. The molecule has 1 saturated heterocycles. The summed E-state index contributed by atoms with van der Waals surface area (Å²) in [5.41, 5.74) is 2.43. The molecule has 1 heterocycles. The Labute approximate surface area is 174 Å². The topological polar surface area (TPSA) is 75.7 Å². The number of hydrogen-bond donors (Lipinski definition) is 1. The molecule has 3 aromatic carbocycles. The third-order valence-corrected chi connectivity index (χ3v) is 5.27. The third-order valence-electron chi connectivity index (χ3n) is 5.27. The molecule has 1 fully saturated rings. The number of anilines is 2. The Bertz CT molecular complexity index is 1120. The van der Waals surface area contributed by atoms with Crippen LogP contribution >= 0.6 is 0 Å². The lowest BCUT2D eigenvalue weighted by Crippen LogP contribution is -2.28. The number of ether oxygens (including phenoxy) is 1. The zero-order chi connectivity index (χ0) is 21.1. The molecule has 1 aliphatic rings. The number of hydrogen-bond acceptors (Lipinski definition) is 4. The van der Waals surface area contributed by atoms with E-state index in [1.807, 2.05) is 67.6 Å². The number of aryl methyl sites for hydroxylation is 1. The summed E-state index contributed by atoms with van der Waals surface area (Å²) in [7, 11) is 0. The van der Waals surface area contributed by atoms with Gasteiger partial charge in [-0.15, -0.1) is 0 Å². The monoisotopic (exact) mass is 402 g/mol. The largest absolute Gasteiger partial charge is 0.455 e. The maximum atomic E-state index is 12.4. The highest BCUT2D eigenvalue weighted by atomic mass is 16.5. The smallest absolute Gasteiger partial charge is 0.311 e. The molecule has 0 bridgehead atoms. The van der Waals surface area contributed by atoms with Crippen molar-refractivity contribution in [2.45, 2.75) is 13.3 Å². The van der Waals surface area contributed by atoms with E-state index in [-0.39, 0.29) is 18.9 Å². The summed E-state index contributed by atoms with van der Waals surface area (Å²) in [4.78, 5) is 38.7. The van der Waals surface area contributed by atoms with Gasteiger partial charge in [-0.25, -0.2) is 0 Å². The maximum absolute atomic E-state index is 12.4. The summed E-state index contributed by atoms with van der Waals surface area (Å²) in [5.74, 6) is -1.65. The van der Waals surface area contributed by atoms with Crippen LogP contribution in [0, 0.1) is 12.8 Å². The molecule has 0 unspecified atom stereocenters. The first kappa shape index (κ1) is 19.6. The van der Waals surface area contributed by atoms with E-state index in [9.17, 15) is 14.4 Å². The fourth-order valence-corrected chi connectivity index (χ4v) is 3.74. The molecular weight excluding hydrogens is 380 g/mol. The molecule has 1 atom stereocenters. The van der Waals surface area contributed by atoms with Crippen molar-refractivity contribution in [2.75, 3.05) is 23.4 Å². The number of esters is 1. The molecule has 4 rings (SSSR count). The molecule has 2 amide bonds. The lowest BCUT2D eigenvalue weighted by Gasteiger charge is -2.18. The number of nitrogens with zero attached hydrogens (tertiary/aromatic N) is 1. The van der Waals surface area contributed by atoms with Crippen LogP contribution in [0.5, 0.6) is 0 Å². The predicted octanol–water partition coefficient (Wildman–Crippen LogP) is 3.68. The Morgan fingerprint density at radius 1 is 1.03 bits per heavy atom. The SMILES string of the molecule is Cc1ccccc1N1C[C@@H](C(=O)OCC(=O)Nc2cccc3ccccc23)CC1=O. The van der Waals surface area contributed by atoms with E-state index in [2.05, 4.69) is 5.32 Å². The summed E-state index contributed by atoms with van der Waals surface area (Å²) in [5, 5.41) is 4.71.